The minimum absolute atomic E-state index is 0.378. The second-order valence-electron chi connectivity index (χ2n) is 4.93. The molecule has 0 aliphatic rings. The lowest BCUT2D eigenvalue weighted by molar-refractivity contribution is 0.195. The number of hydrogen-bond acceptors (Lipinski definition) is 5. The molecule has 108 valence electrons. The highest BCUT2D eigenvalue weighted by Crippen LogP contribution is 2.26. The maximum atomic E-state index is 10.5. The monoisotopic (exact) mass is 339 g/mol. The molecule has 1 N–H and O–H groups in total. The predicted molar refractivity (Wildman–Crippen MR) is 79.3 cm³/mol. The van der Waals surface area contributed by atoms with Gasteiger partial charge in [-0.05, 0) is 42.5 Å². The van der Waals surface area contributed by atoms with E-state index < -0.39 is 6.10 Å². The van der Waals surface area contributed by atoms with Crippen LogP contribution in [-0.2, 0) is 6.54 Å². The summed E-state index contributed by atoms with van der Waals surface area (Å²) in [5.74, 6) is 0.378. The van der Waals surface area contributed by atoms with Gasteiger partial charge in [0.25, 0.3) is 0 Å². The van der Waals surface area contributed by atoms with Gasteiger partial charge in [0.15, 0.2) is 11.9 Å². The van der Waals surface area contributed by atoms with Crippen molar-refractivity contribution < 1.29 is 5.11 Å². The summed E-state index contributed by atoms with van der Waals surface area (Å²) in [6.07, 6.45) is 4.18. The topological polar surface area (TPSA) is 67.1 Å². The summed E-state index contributed by atoms with van der Waals surface area (Å²) in [5, 5.41) is 14.7. The standard InChI is InChI=1S/C13H18BrN5O/c1-9-6-15-13(16-7-9)12(20)11-10(14)8-17-19(11)5-4-18(2)3/h6-8,12,20H,4-5H2,1-3H3. The molecular weight excluding hydrogens is 322 g/mol. The van der Waals surface area contributed by atoms with Gasteiger partial charge in [-0.1, -0.05) is 0 Å². The summed E-state index contributed by atoms with van der Waals surface area (Å²) in [6.45, 7) is 3.44. The molecule has 0 aliphatic heterocycles. The Labute approximate surface area is 126 Å². The van der Waals surface area contributed by atoms with Crippen LogP contribution in [0.5, 0.6) is 0 Å². The van der Waals surface area contributed by atoms with Gasteiger partial charge in [-0.2, -0.15) is 5.10 Å². The zero-order chi connectivity index (χ0) is 14.7. The molecule has 0 bridgehead atoms. The van der Waals surface area contributed by atoms with E-state index in [0.29, 0.717) is 18.1 Å². The van der Waals surface area contributed by atoms with Gasteiger partial charge < -0.3 is 10.0 Å². The van der Waals surface area contributed by atoms with Crippen LogP contribution in [0.15, 0.2) is 23.1 Å². The van der Waals surface area contributed by atoms with Gasteiger partial charge in [-0.25, -0.2) is 9.97 Å². The van der Waals surface area contributed by atoms with Crippen molar-refractivity contribution in [1.82, 2.24) is 24.6 Å². The third-order valence-corrected chi connectivity index (χ3v) is 3.51. The van der Waals surface area contributed by atoms with Crippen LogP contribution in [0.4, 0.5) is 0 Å². The molecule has 7 heteroatoms. The maximum Gasteiger partial charge on any atom is 0.163 e. The number of nitrogens with zero attached hydrogens (tertiary/aromatic N) is 5. The summed E-state index contributed by atoms with van der Waals surface area (Å²) < 4.78 is 2.53. The van der Waals surface area contributed by atoms with Crippen LogP contribution in [0.25, 0.3) is 0 Å². The Morgan fingerprint density at radius 3 is 2.55 bits per heavy atom. The molecule has 0 saturated heterocycles. The first kappa shape index (κ1) is 15.1. The fraction of sp³-hybridized carbons (Fsp3) is 0.462. The van der Waals surface area contributed by atoms with Crippen molar-refractivity contribution in [2.75, 3.05) is 20.6 Å². The average molecular weight is 340 g/mol. The second-order valence-corrected chi connectivity index (χ2v) is 5.78. The molecule has 20 heavy (non-hydrogen) atoms. The van der Waals surface area contributed by atoms with Gasteiger partial charge in [0.1, 0.15) is 0 Å². The van der Waals surface area contributed by atoms with E-state index in [1.165, 1.54) is 0 Å². The molecule has 0 aliphatic carbocycles. The van der Waals surface area contributed by atoms with E-state index in [2.05, 4.69) is 35.9 Å². The Bertz CT molecular complexity index is 567. The quantitative estimate of drug-likeness (QED) is 0.891. The van der Waals surface area contributed by atoms with Gasteiger partial charge in [-0.15, -0.1) is 0 Å². The summed E-state index contributed by atoms with van der Waals surface area (Å²) in [6, 6.07) is 0. The van der Waals surface area contributed by atoms with Gasteiger partial charge in [0.2, 0.25) is 0 Å². The lowest BCUT2D eigenvalue weighted by atomic mass is 10.2. The van der Waals surface area contributed by atoms with Crippen molar-refractivity contribution in [3.8, 4) is 0 Å². The van der Waals surface area contributed by atoms with E-state index in [4.69, 9.17) is 0 Å². The van der Waals surface area contributed by atoms with Crippen LogP contribution in [-0.4, -0.2) is 50.4 Å². The number of hydrogen-bond donors (Lipinski definition) is 1. The van der Waals surface area contributed by atoms with E-state index >= 15 is 0 Å². The molecule has 2 aromatic rings. The third kappa shape index (κ3) is 3.41. The van der Waals surface area contributed by atoms with E-state index in [1.807, 2.05) is 21.0 Å². The predicted octanol–water partition coefficient (Wildman–Crippen LogP) is 1.39. The van der Waals surface area contributed by atoms with Gasteiger partial charge in [0, 0.05) is 18.9 Å². The lowest BCUT2D eigenvalue weighted by Crippen LogP contribution is -2.21. The molecule has 0 spiro atoms. The first-order valence-electron chi connectivity index (χ1n) is 6.31. The van der Waals surface area contributed by atoms with Crippen LogP contribution >= 0.6 is 15.9 Å². The molecule has 0 amide bonds. The highest BCUT2D eigenvalue weighted by molar-refractivity contribution is 9.10. The van der Waals surface area contributed by atoms with Crippen LogP contribution in [0.1, 0.15) is 23.2 Å². The number of aliphatic hydroxyl groups excluding tert-OH is 1. The summed E-state index contributed by atoms with van der Waals surface area (Å²) in [4.78, 5) is 10.4. The maximum absolute atomic E-state index is 10.5. The van der Waals surface area contributed by atoms with Crippen LogP contribution < -0.4 is 0 Å². The molecule has 6 nitrogen and oxygen atoms in total. The third-order valence-electron chi connectivity index (χ3n) is 2.90. The minimum Gasteiger partial charge on any atom is -0.379 e. The fourth-order valence-electron chi connectivity index (χ4n) is 1.78. The summed E-state index contributed by atoms with van der Waals surface area (Å²) in [5.41, 5.74) is 1.64. The van der Waals surface area contributed by atoms with Crippen LogP contribution in [0.2, 0.25) is 0 Å². The molecule has 2 aromatic heterocycles. The number of halogens is 1. The first-order valence-corrected chi connectivity index (χ1v) is 7.11. The van der Waals surface area contributed by atoms with E-state index in [9.17, 15) is 5.11 Å². The van der Waals surface area contributed by atoms with E-state index in [0.717, 1.165) is 16.6 Å². The highest BCUT2D eigenvalue weighted by Gasteiger charge is 2.21. The number of aromatic nitrogens is 4. The minimum atomic E-state index is -0.894. The Morgan fingerprint density at radius 2 is 1.95 bits per heavy atom. The summed E-state index contributed by atoms with van der Waals surface area (Å²) >= 11 is 3.42. The van der Waals surface area contributed by atoms with Crippen molar-refractivity contribution >= 4 is 15.9 Å². The number of aryl methyl sites for hydroxylation is 1. The zero-order valence-electron chi connectivity index (χ0n) is 11.8. The first-order chi connectivity index (χ1) is 9.49. The molecule has 0 radical (unpaired) electrons. The Kier molecular flexibility index (Phi) is 4.85. The fourth-order valence-corrected chi connectivity index (χ4v) is 2.30. The molecule has 0 saturated carbocycles. The lowest BCUT2D eigenvalue weighted by Gasteiger charge is -2.15. The molecular formula is C13H18BrN5O. The molecule has 0 aromatic carbocycles. The van der Waals surface area contributed by atoms with Gasteiger partial charge in [0.05, 0.1) is 22.9 Å². The number of aliphatic hydroxyl groups is 1. The van der Waals surface area contributed by atoms with Crippen molar-refractivity contribution in [1.29, 1.82) is 0 Å². The molecule has 2 rings (SSSR count). The second kappa shape index (κ2) is 6.43. The summed E-state index contributed by atoms with van der Waals surface area (Å²) in [7, 11) is 4.00. The molecule has 2 heterocycles. The van der Waals surface area contributed by atoms with Gasteiger partial charge >= 0.3 is 0 Å². The Morgan fingerprint density at radius 1 is 1.30 bits per heavy atom. The van der Waals surface area contributed by atoms with Crippen molar-refractivity contribution in [2.45, 2.75) is 19.6 Å². The van der Waals surface area contributed by atoms with E-state index in [-0.39, 0.29) is 0 Å². The number of likely N-dealkylation sites (N-methyl/N-ethyl adjacent to an activating group) is 1. The van der Waals surface area contributed by atoms with Gasteiger partial charge in [-0.3, -0.25) is 4.68 Å². The number of rotatable bonds is 5. The van der Waals surface area contributed by atoms with Crippen molar-refractivity contribution in [3.63, 3.8) is 0 Å². The van der Waals surface area contributed by atoms with Crippen LogP contribution in [0, 0.1) is 6.92 Å². The highest BCUT2D eigenvalue weighted by atomic mass is 79.9. The SMILES string of the molecule is Cc1cnc(C(O)c2c(Br)cnn2CCN(C)C)nc1. The normalized spacial score (nSPS) is 12.9. The van der Waals surface area contributed by atoms with Crippen molar-refractivity contribution in [2.24, 2.45) is 0 Å². The zero-order valence-corrected chi connectivity index (χ0v) is 13.4. The molecule has 1 unspecified atom stereocenters. The Balaban J connectivity index is 2.26. The molecule has 1 atom stereocenters. The average Bonchev–Trinajstić information content (AvgIpc) is 2.77. The smallest absolute Gasteiger partial charge is 0.163 e. The molecule has 0 fully saturated rings. The van der Waals surface area contributed by atoms with Crippen molar-refractivity contribution in [3.05, 3.63) is 40.1 Å². The van der Waals surface area contributed by atoms with Crippen LogP contribution in [0.3, 0.4) is 0 Å². The largest absolute Gasteiger partial charge is 0.379 e. The van der Waals surface area contributed by atoms with E-state index in [1.54, 1.807) is 23.3 Å². The Hall–Kier alpha value is -1.31.